The Bertz CT molecular complexity index is 141. The van der Waals surface area contributed by atoms with Gasteiger partial charge in [0.1, 0.15) is 0 Å². The molecule has 0 unspecified atom stereocenters. The predicted octanol–water partition coefficient (Wildman–Crippen LogP) is 2.74. The van der Waals surface area contributed by atoms with Crippen LogP contribution in [0.2, 0.25) is 0 Å². The molecule has 0 aliphatic heterocycles. The van der Waals surface area contributed by atoms with E-state index in [1.807, 2.05) is 6.92 Å². The minimum Gasteiger partial charge on any atom is -0.390 e. The van der Waals surface area contributed by atoms with Crippen LogP contribution in [0.1, 0.15) is 52.4 Å². The van der Waals surface area contributed by atoms with E-state index in [2.05, 4.69) is 6.92 Å². The van der Waals surface area contributed by atoms with Gasteiger partial charge in [0, 0.05) is 6.61 Å². The summed E-state index contributed by atoms with van der Waals surface area (Å²) in [5.41, 5.74) is 0. The molecular formula is C12H24O2. The number of ether oxygens (including phenoxy) is 1. The first-order valence-corrected chi connectivity index (χ1v) is 6.05. The zero-order valence-electron chi connectivity index (χ0n) is 9.54. The van der Waals surface area contributed by atoms with Gasteiger partial charge in [0.25, 0.3) is 0 Å². The van der Waals surface area contributed by atoms with Gasteiger partial charge in [-0.1, -0.05) is 26.2 Å². The molecule has 1 aliphatic carbocycles. The Kier molecular flexibility index (Phi) is 5.49. The quantitative estimate of drug-likeness (QED) is 0.668. The maximum atomic E-state index is 9.99. The van der Waals surface area contributed by atoms with Crippen LogP contribution >= 0.6 is 0 Å². The van der Waals surface area contributed by atoms with Gasteiger partial charge < -0.3 is 9.84 Å². The molecule has 2 nitrogen and oxygen atoms in total. The fourth-order valence-electron chi connectivity index (χ4n) is 2.19. The van der Waals surface area contributed by atoms with Gasteiger partial charge in [-0.15, -0.1) is 0 Å². The van der Waals surface area contributed by atoms with Crippen molar-refractivity contribution in [2.45, 2.75) is 64.6 Å². The van der Waals surface area contributed by atoms with Crippen molar-refractivity contribution in [3.8, 4) is 0 Å². The van der Waals surface area contributed by atoms with Crippen molar-refractivity contribution in [1.82, 2.24) is 0 Å². The Hall–Kier alpha value is -0.0800. The van der Waals surface area contributed by atoms with Crippen LogP contribution in [0.3, 0.4) is 0 Å². The molecule has 0 aromatic carbocycles. The first-order valence-electron chi connectivity index (χ1n) is 6.05. The second kappa shape index (κ2) is 6.41. The van der Waals surface area contributed by atoms with Crippen LogP contribution < -0.4 is 0 Å². The smallest absolute Gasteiger partial charge is 0.0827 e. The molecule has 0 amide bonds. The molecule has 1 fully saturated rings. The predicted molar refractivity (Wildman–Crippen MR) is 58.3 cm³/mol. The number of hydrogen-bond acceptors (Lipinski definition) is 2. The minimum absolute atomic E-state index is 0.0182. The Labute approximate surface area is 87.7 Å². The van der Waals surface area contributed by atoms with E-state index in [4.69, 9.17) is 4.74 Å². The molecule has 1 aliphatic rings. The molecule has 1 N–H and O–H groups in total. The summed E-state index contributed by atoms with van der Waals surface area (Å²) in [6, 6.07) is 0. The zero-order valence-corrected chi connectivity index (χ0v) is 9.54. The van der Waals surface area contributed by atoms with E-state index in [0.717, 1.165) is 19.4 Å². The van der Waals surface area contributed by atoms with Gasteiger partial charge in [0.2, 0.25) is 0 Å². The fraction of sp³-hybridized carbons (Fsp3) is 1.00. The summed E-state index contributed by atoms with van der Waals surface area (Å²) >= 11 is 0. The van der Waals surface area contributed by atoms with E-state index in [1.165, 1.54) is 25.7 Å². The Morgan fingerprint density at radius 3 is 2.57 bits per heavy atom. The van der Waals surface area contributed by atoms with Crippen LogP contribution in [0, 0.1) is 5.92 Å². The molecule has 84 valence electrons. The lowest BCUT2D eigenvalue weighted by atomic mass is 9.97. The molecule has 0 aromatic heterocycles. The van der Waals surface area contributed by atoms with Crippen molar-refractivity contribution in [2.75, 3.05) is 6.61 Å². The first kappa shape index (κ1) is 12.0. The van der Waals surface area contributed by atoms with Crippen LogP contribution in [0.5, 0.6) is 0 Å². The van der Waals surface area contributed by atoms with E-state index < -0.39 is 0 Å². The number of hydrogen-bond donors (Lipinski definition) is 1. The van der Waals surface area contributed by atoms with Crippen LogP contribution in [0.4, 0.5) is 0 Å². The molecule has 2 atom stereocenters. The third-order valence-electron chi connectivity index (χ3n) is 3.24. The van der Waals surface area contributed by atoms with E-state index >= 15 is 0 Å². The lowest BCUT2D eigenvalue weighted by Gasteiger charge is -2.24. The third kappa shape index (κ3) is 3.58. The summed E-state index contributed by atoms with van der Waals surface area (Å²) in [4.78, 5) is 0. The molecule has 0 spiro atoms. The molecule has 0 heterocycles. The van der Waals surface area contributed by atoms with Crippen molar-refractivity contribution >= 4 is 0 Å². The van der Waals surface area contributed by atoms with Gasteiger partial charge in [0.15, 0.2) is 0 Å². The topological polar surface area (TPSA) is 29.5 Å². The molecule has 2 heteroatoms. The van der Waals surface area contributed by atoms with Crippen LogP contribution in [-0.4, -0.2) is 23.9 Å². The molecule has 1 rings (SSSR count). The van der Waals surface area contributed by atoms with Crippen LogP contribution in [-0.2, 0) is 4.74 Å². The minimum atomic E-state index is -0.241. The zero-order chi connectivity index (χ0) is 10.4. The van der Waals surface area contributed by atoms with E-state index in [0.29, 0.717) is 5.92 Å². The highest BCUT2D eigenvalue weighted by Crippen LogP contribution is 2.29. The lowest BCUT2D eigenvalue weighted by Crippen LogP contribution is -2.32. The average molecular weight is 200 g/mol. The van der Waals surface area contributed by atoms with Crippen molar-refractivity contribution in [2.24, 2.45) is 5.92 Å². The molecule has 0 radical (unpaired) electrons. The standard InChI is InChI=1S/C12H24O2/c1-3-4-9-14-10(2)12(13)11-7-5-6-8-11/h10-13H,3-9H2,1-2H3/t10-,12-/m0/s1. The summed E-state index contributed by atoms with van der Waals surface area (Å²) in [6.07, 6.45) is 6.96. The van der Waals surface area contributed by atoms with Crippen molar-refractivity contribution in [1.29, 1.82) is 0 Å². The number of unbranched alkanes of at least 4 members (excludes halogenated alkanes) is 1. The first-order chi connectivity index (χ1) is 6.75. The van der Waals surface area contributed by atoms with Crippen LogP contribution in [0.15, 0.2) is 0 Å². The molecule has 1 saturated carbocycles. The number of aliphatic hydroxyl groups is 1. The second-order valence-electron chi connectivity index (χ2n) is 4.46. The number of aliphatic hydroxyl groups excluding tert-OH is 1. The highest BCUT2D eigenvalue weighted by Gasteiger charge is 2.27. The SMILES string of the molecule is CCCCO[C@@H](C)[C@H](O)C1CCCC1. The summed E-state index contributed by atoms with van der Waals surface area (Å²) in [7, 11) is 0. The van der Waals surface area contributed by atoms with Gasteiger partial charge in [-0.05, 0) is 32.1 Å². The maximum absolute atomic E-state index is 9.99. The Balaban J connectivity index is 2.17. The lowest BCUT2D eigenvalue weighted by molar-refractivity contribution is -0.0518. The third-order valence-corrected chi connectivity index (χ3v) is 3.24. The van der Waals surface area contributed by atoms with E-state index in [-0.39, 0.29) is 12.2 Å². The highest BCUT2D eigenvalue weighted by atomic mass is 16.5. The number of rotatable bonds is 6. The summed E-state index contributed by atoms with van der Waals surface area (Å²) in [5, 5.41) is 9.99. The Morgan fingerprint density at radius 2 is 2.00 bits per heavy atom. The van der Waals surface area contributed by atoms with Gasteiger partial charge in [-0.3, -0.25) is 0 Å². The molecule has 0 saturated heterocycles. The average Bonchev–Trinajstić information content (AvgIpc) is 2.69. The maximum Gasteiger partial charge on any atom is 0.0827 e. The highest BCUT2D eigenvalue weighted by molar-refractivity contribution is 4.78. The molecule has 0 bridgehead atoms. The van der Waals surface area contributed by atoms with Crippen LogP contribution in [0.25, 0.3) is 0 Å². The van der Waals surface area contributed by atoms with E-state index in [9.17, 15) is 5.11 Å². The van der Waals surface area contributed by atoms with Crippen molar-refractivity contribution in [3.63, 3.8) is 0 Å². The van der Waals surface area contributed by atoms with Crippen molar-refractivity contribution in [3.05, 3.63) is 0 Å². The monoisotopic (exact) mass is 200 g/mol. The second-order valence-corrected chi connectivity index (χ2v) is 4.46. The molecule has 0 aromatic rings. The fourth-order valence-corrected chi connectivity index (χ4v) is 2.19. The summed E-state index contributed by atoms with van der Waals surface area (Å²) < 4.78 is 5.61. The molecular weight excluding hydrogens is 176 g/mol. The normalized spacial score (nSPS) is 22.5. The van der Waals surface area contributed by atoms with Gasteiger partial charge in [0.05, 0.1) is 12.2 Å². The molecule has 14 heavy (non-hydrogen) atoms. The summed E-state index contributed by atoms with van der Waals surface area (Å²) in [6.45, 7) is 4.95. The van der Waals surface area contributed by atoms with Gasteiger partial charge in [-0.2, -0.15) is 0 Å². The van der Waals surface area contributed by atoms with E-state index in [1.54, 1.807) is 0 Å². The van der Waals surface area contributed by atoms with Crippen molar-refractivity contribution < 1.29 is 9.84 Å². The van der Waals surface area contributed by atoms with Gasteiger partial charge >= 0.3 is 0 Å². The van der Waals surface area contributed by atoms with Gasteiger partial charge in [-0.25, -0.2) is 0 Å². The summed E-state index contributed by atoms with van der Waals surface area (Å²) in [5.74, 6) is 0.492. The largest absolute Gasteiger partial charge is 0.390 e. The Morgan fingerprint density at radius 1 is 1.36 bits per heavy atom.